The number of halogens is 1. The van der Waals surface area contributed by atoms with Gasteiger partial charge < -0.3 is 10.2 Å². The Kier molecular flexibility index (Phi) is 6.31. The van der Waals surface area contributed by atoms with E-state index in [4.69, 9.17) is 0 Å². The molecule has 3 heteroatoms. The Hall–Kier alpha value is -1.09. The van der Waals surface area contributed by atoms with E-state index in [2.05, 4.69) is 17.1 Å². The third-order valence-corrected chi connectivity index (χ3v) is 3.94. The standard InChI is InChI=1S/C17H27FN2/c1-2-20(17-10-6-5-9-16(17)18)14-8-4-3-7-13-19-15-11-12-15/h5-6,9-10,15,19H,2-4,7-8,11-14H2,1H3. The van der Waals surface area contributed by atoms with E-state index < -0.39 is 0 Å². The summed E-state index contributed by atoms with van der Waals surface area (Å²) in [4.78, 5) is 2.14. The van der Waals surface area contributed by atoms with Crippen LogP contribution in [0.5, 0.6) is 0 Å². The number of rotatable bonds is 10. The van der Waals surface area contributed by atoms with Crippen molar-refractivity contribution in [3.63, 3.8) is 0 Å². The molecule has 2 rings (SSSR count). The normalized spacial score (nSPS) is 14.5. The number of nitrogens with zero attached hydrogens (tertiary/aromatic N) is 1. The molecular weight excluding hydrogens is 251 g/mol. The molecule has 0 heterocycles. The molecule has 0 atom stereocenters. The summed E-state index contributed by atoms with van der Waals surface area (Å²) in [7, 11) is 0. The lowest BCUT2D eigenvalue weighted by atomic mass is 10.1. The molecule has 0 radical (unpaired) electrons. The van der Waals surface area contributed by atoms with Gasteiger partial charge in [-0.15, -0.1) is 0 Å². The van der Waals surface area contributed by atoms with Crippen LogP contribution in [0.1, 0.15) is 45.4 Å². The monoisotopic (exact) mass is 278 g/mol. The zero-order chi connectivity index (χ0) is 14.2. The molecule has 1 fully saturated rings. The van der Waals surface area contributed by atoms with Gasteiger partial charge in [-0.3, -0.25) is 0 Å². The quantitative estimate of drug-likeness (QED) is 0.652. The maximum absolute atomic E-state index is 13.7. The highest BCUT2D eigenvalue weighted by atomic mass is 19.1. The first-order valence-electron chi connectivity index (χ1n) is 8.04. The number of benzene rings is 1. The first-order valence-corrected chi connectivity index (χ1v) is 8.04. The van der Waals surface area contributed by atoms with Crippen molar-refractivity contribution >= 4 is 5.69 Å². The minimum Gasteiger partial charge on any atom is -0.369 e. The van der Waals surface area contributed by atoms with Gasteiger partial charge in [-0.2, -0.15) is 0 Å². The van der Waals surface area contributed by atoms with Gasteiger partial charge in [0, 0.05) is 19.1 Å². The predicted octanol–water partition coefficient (Wildman–Crippen LogP) is 3.96. The number of anilines is 1. The minimum atomic E-state index is -0.108. The second-order valence-corrected chi connectivity index (χ2v) is 5.67. The average Bonchev–Trinajstić information content (AvgIpc) is 3.27. The molecule has 0 aromatic heterocycles. The van der Waals surface area contributed by atoms with Crippen LogP contribution >= 0.6 is 0 Å². The van der Waals surface area contributed by atoms with E-state index in [1.54, 1.807) is 12.1 Å². The van der Waals surface area contributed by atoms with Crippen LogP contribution in [-0.2, 0) is 0 Å². The summed E-state index contributed by atoms with van der Waals surface area (Å²) in [5.74, 6) is -0.108. The van der Waals surface area contributed by atoms with Crippen LogP contribution in [0, 0.1) is 5.82 Å². The van der Waals surface area contributed by atoms with Crippen molar-refractivity contribution in [2.45, 2.75) is 51.5 Å². The maximum Gasteiger partial charge on any atom is 0.146 e. The van der Waals surface area contributed by atoms with E-state index in [0.717, 1.165) is 37.8 Å². The molecular formula is C17H27FN2. The van der Waals surface area contributed by atoms with Crippen molar-refractivity contribution in [2.24, 2.45) is 0 Å². The van der Waals surface area contributed by atoms with Gasteiger partial charge in [0.15, 0.2) is 0 Å². The Bertz CT molecular complexity index is 390. The summed E-state index contributed by atoms with van der Waals surface area (Å²) in [6.45, 7) is 5.07. The third kappa shape index (κ3) is 5.12. The van der Waals surface area contributed by atoms with Crippen LogP contribution in [0.2, 0.25) is 0 Å². The van der Waals surface area contributed by atoms with Gasteiger partial charge in [-0.25, -0.2) is 4.39 Å². The van der Waals surface area contributed by atoms with Crippen LogP contribution in [0.25, 0.3) is 0 Å². The molecule has 1 aliphatic rings. The topological polar surface area (TPSA) is 15.3 Å². The number of unbranched alkanes of at least 4 members (excludes halogenated alkanes) is 3. The van der Waals surface area contributed by atoms with Crippen LogP contribution < -0.4 is 10.2 Å². The molecule has 1 aromatic rings. The first kappa shape index (κ1) is 15.3. The average molecular weight is 278 g/mol. The Balaban J connectivity index is 1.59. The minimum absolute atomic E-state index is 0.108. The molecule has 112 valence electrons. The van der Waals surface area contributed by atoms with E-state index in [0.29, 0.717) is 0 Å². The Labute approximate surface area is 122 Å². The van der Waals surface area contributed by atoms with Gasteiger partial charge in [0.25, 0.3) is 0 Å². The predicted molar refractivity (Wildman–Crippen MR) is 83.8 cm³/mol. The molecule has 0 unspecified atom stereocenters. The molecule has 0 amide bonds. The van der Waals surface area contributed by atoms with Crippen molar-refractivity contribution in [3.8, 4) is 0 Å². The summed E-state index contributed by atoms with van der Waals surface area (Å²) in [6, 6.07) is 7.90. The SMILES string of the molecule is CCN(CCCCCCNC1CC1)c1ccccc1F. The smallest absolute Gasteiger partial charge is 0.146 e. The van der Waals surface area contributed by atoms with E-state index in [1.165, 1.54) is 32.1 Å². The van der Waals surface area contributed by atoms with Crippen molar-refractivity contribution in [1.82, 2.24) is 5.32 Å². The van der Waals surface area contributed by atoms with Crippen LogP contribution in [0.4, 0.5) is 10.1 Å². The zero-order valence-electron chi connectivity index (χ0n) is 12.6. The molecule has 0 aliphatic heterocycles. The van der Waals surface area contributed by atoms with Crippen molar-refractivity contribution < 1.29 is 4.39 Å². The second-order valence-electron chi connectivity index (χ2n) is 5.67. The highest BCUT2D eigenvalue weighted by Gasteiger charge is 2.19. The van der Waals surface area contributed by atoms with E-state index >= 15 is 0 Å². The fourth-order valence-electron chi connectivity index (χ4n) is 2.53. The van der Waals surface area contributed by atoms with Gasteiger partial charge in [0.05, 0.1) is 5.69 Å². The highest BCUT2D eigenvalue weighted by molar-refractivity contribution is 5.47. The Morgan fingerprint density at radius 3 is 2.60 bits per heavy atom. The molecule has 0 saturated heterocycles. The van der Waals surface area contributed by atoms with Gasteiger partial charge >= 0.3 is 0 Å². The molecule has 1 saturated carbocycles. The van der Waals surface area contributed by atoms with E-state index in [9.17, 15) is 4.39 Å². The molecule has 1 aromatic carbocycles. The Morgan fingerprint density at radius 1 is 1.15 bits per heavy atom. The lowest BCUT2D eigenvalue weighted by Crippen LogP contribution is -2.25. The number of hydrogen-bond acceptors (Lipinski definition) is 2. The summed E-state index contributed by atoms with van der Waals surface area (Å²) < 4.78 is 13.7. The summed E-state index contributed by atoms with van der Waals surface area (Å²) >= 11 is 0. The second kappa shape index (κ2) is 8.25. The molecule has 1 aliphatic carbocycles. The first-order chi connectivity index (χ1) is 9.81. The maximum atomic E-state index is 13.7. The third-order valence-electron chi connectivity index (χ3n) is 3.94. The molecule has 1 N–H and O–H groups in total. The van der Waals surface area contributed by atoms with Crippen molar-refractivity contribution in [2.75, 3.05) is 24.5 Å². The fourth-order valence-corrected chi connectivity index (χ4v) is 2.53. The lowest BCUT2D eigenvalue weighted by molar-refractivity contribution is 0.576. The zero-order valence-corrected chi connectivity index (χ0v) is 12.6. The number of hydrogen-bond donors (Lipinski definition) is 1. The van der Waals surface area contributed by atoms with Gasteiger partial charge in [0.1, 0.15) is 5.82 Å². The van der Waals surface area contributed by atoms with Gasteiger partial charge in [0.2, 0.25) is 0 Å². The molecule has 20 heavy (non-hydrogen) atoms. The summed E-state index contributed by atoms with van der Waals surface area (Å²) in [5.41, 5.74) is 0.741. The van der Waals surface area contributed by atoms with Crippen molar-refractivity contribution in [3.05, 3.63) is 30.1 Å². The van der Waals surface area contributed by atoms with Crippen LogP contribution in [0.15, 0.2) is 24.3 Å². The van der Waals surface area contributed by atoms with E-state index in [1.807, 2.05) is 12.1 Å². The largest absolute Gasteiger partial charge is 0.369 e. The number of nitrogens with one attached hydrogen (secondary N) is 1. The van der Waals surface area contributed by atoms with Crippen molar-refractivity contribution in [1.29, 1.82) is 0 Å². The summed E-state index contributed by atoms with van der Waals surface area (Å²) in [5, 5.41) is 3.54. The Morgan fingerprint density at radius 2 is 1.90 bits per heavy atom. The molecule has 0 spiro atoms. The van der Waals surface area contributed by atoms with Gasteiger partial charge in [-0.05, 0) is 51.3 Å². The highest BCUT2D eigenvalue weighted by Crippen LogP contribution is 2.20. The van der Waals surface area contributed by atoms with Gasteiger partial charge in [-0.1, -0.05) is 25.0 Å². The summed E-state index contributed by atoms with van der Waals surface area (Å²) in [6.07, 6.45) is 7.65. The molecule has 2 nitrogen and oxygen atoms in total. The molecule has 0 bridgehead atoms. The lowest BCUT2D eigenvalue weighted by Gasteiger charge is -2.23. The van der Waals surface area contributed by atoms with E-state index in [-0.39, 0.29) is 5.82 Å². The fraction of sp³-hybridized carbons (Fsp3) is 0.647. The van der Waals surface area contributed by atoms with Crippen LogP contribution in [-0.4, -0.2) is 25.7 Å². The van der Waals surface area contributed by atoms with Crippen LogP contribution in [0.3, 0.4) is 0 Å². The number of para-hydroxylation sites is 1.